The molecule has 1 aromatic heterocycles. The number of methoxy groups -OCH3 is 1. The summed E-state index contributed by atoms with van der Waals surface area (Å²) in [6.45, 7) is 0. The Hall–Kier alpha value is -2.81. The summed E-state index contributed by atoms with van der Waals surface area (Å²) in [5.74, 6) is -3.05. The van der Waals surface area contributed by atoms with Crippen LogP contribution in [-0.2, 0) is 9.57 Å². The van der Waals surface area contributed by atoms with Crippen molar-refractivity contribution in [3.63, 3.8) is 0 Å². The fourth-order valence-electron chi connectivity index (χ4n) is 1.89. The molecule has 0 unspecified atom stereocenters. The average molecular weight is 359 g/mol. The van der Waals surface area contributed by atoms with Gasteiger partial charge in [-0.1, -0.05) is 11.6 Å². The highest BCUT2D eigenvalue weighted by molar-refractivity contribution is 6.35. The van der Waals surface area contributed by atoms with Gasteiger partial charge in [0.1, 0.15) is 11.5 Å². The van der Waals surface area contributed by atoms with E-state index in [0.717, 1.165) is 26.4 Å². The van der Waals surface area contributed by atoms with Crippen LogP contribution in [0.15, 0.2) is 18.2 Å². The maximum Gasteiger partial charge on any atom is 0.358 e. The molecule has 24 heavy (non-hydrogen) atoms. The van der Waals surface area contributed by atoms with Crippen LogP contribution in [0.4, 0.5) is 20.2 Å². The van der Waals surface area contributed by atoms with E-state index in [1.807, 2.05) is 0 Å². The molecule has 0 fully saturated rings. The zero-order valence-electron chi connectivity index (χ0n) is 12.5. The number of esters is 1. The first-order valence-corrected chi connectivity index (χ1v) is 6.73. The van der Waals surface area contributed by atoms with Gasteiger partial charge in [-0.15, -0.1) is 0 Å². The first kappa shape index (κ1) is 17.5. The van der Waals surface area contributed by atoms with Crippen molar-refractivity contribution in [3.05, 3.63) is 45.5 Å². The quantitative estimate of drug-likeness (QED) is 0.667. The molecular weight excluding hydrogens is 348 g/mol. The summed E-state index contributed by atoms with van der Waals surface area (Å²) in [5.41, 5.74) is 3.44. The first-order valence-electron chi connectivity index (χ1n) is 6.35. The van der Waals surface area contributed by atoms with Crippen molar-refractivity contribution >= 4 is 28.9 Å². The molecule has 10 heteroatoms. The lowest BCUT2D eigenvalue weighted by atomic mass is 10.1. The van der Waals surface area contributed by atoms with E-state index in [1.165, 1.54) is 6.07 Å². The molecule has 0 radical (unpaired) electrons. The van der Waals surface area contributed by atoms with Crippen LogP contribution in [0.3, 0.4) is 0 Å². The van der Waals surface area contributed by atoms with Crippen LogP contribution < -0.4 is 5.73 Å². The molecule has 7 nitrogen and oxygen atoms in total. The van der Waals surface area contributed by atoms with Gasteiger partial charge in [-0.25, -0.2) is 23.4 Å². The van der Waals surface area contributed by atoms with Crippen molar-refractivity contribution in [2.24, 2.45) is 0 Å². The number of rotatable bonds is 4. The van der Waals surface area contributed by atoms with Crippen LogP contribution >= 0.6 is 11.6 Å². The van der Waals surface area contributed by atoms with Crippen LogP contribution in [-0.4, -0.2) is 30.1 Å². The minimum atomic E-state index is -1.11. The molecule has 0 spiro atoms. The molecule has 0 aliphatic carbocycles. The van der Waals surface area contributed by atoms with Crippen LogP contribution in [0.2, 0.25) is 5.02 Å². The number of hydrogen-bond donors (Lipinski definition) is 1. The fourth-order valence-corrected chi connectivity index (χ4v) is 2.09. The molecule has 1 heterocycles. The van der Waals surface area contributed by atoms with E-state index >= 15 is 0 Å². The number of hydrogen-bond acceptors (Lipinski definition) is 6. The molecule has 2 aromatic rings. The zero-order chi connectivity index (χ0) is 18.0. The van der Waals surface area contributed by atoms with Gasteiger partial charge in [-0.05, 0) is 6.07 Å². The second-order valence-electron chi connectivity index (χ2n) is 4.45. The molecule has 0 bridgehead atoms. The smallest absolute Gasteiger partial charge is 0.358 e. The van der Waals surface area contributed by atoms with Crippen molar-refractivity contribution in [2.45, 2.75) is 0 Å². The SMILES string of the molecule is COC(=O)c1nc(-c2ccc([N+](=O)OC)cc2F)c(F)c(N)c1Cl. The topological polar surface area (TPSA) is 94.5 Å². The number of nitrogens with two attached hydrogens (primary N) is 1. The number of pyridine rings is 1. The lowest BCUT2D eigenvalue weighted by Crippen LogP contribution is -2.11. The van der Waals surface area contributed by atoms with Crippen molar-refractivity contribution in [1.82, 2.24) is 4.98 Å². The summed E-state index contributed by atoms with van der Waals surface area (Å²) in [6.07, 6.45) is 0. The highest BCUT2D eigenvalue weighted by Crippen LogP contribution is 2.34. The largest absolute Gasteiger partial charge is 0.464 e. The average Bonchev–Trinajstić information content (AvgIpc) is 2.59. The lowest BCUT2D eigenvalue weighted by molar-refractivity contribution is -0.736. The molecule has 0 amide bonds. The third-order valence-corrected chi connectivity index (χ3v) is 3.46. The summed E-state index contributed by atoms with van der Waals surface area (Å²) in [4.78, 5) is 31.1. The minimum Gasteiger partial charge on any atom is -0.464 e. The molecule has 0 saturated carbocycles. The molecule has 0 aliphatic rings. The van der Waals surface area contributed by atoms with Gasteiger partial charge in [0.15, 0.2) is 18.6 Å². The van der Waals surface area contributed by atoms with Gasteiger partial charge in [0, 0.05) is 11.6 Å². The number of carbonyl (C=O) groups is 1. The van der Waals surface area contributed by atoms with Crippen molar-refractivity contribution in [2.75, 3.05) is 20.0 Å². The highest BCUT2D eigenvalue weighted by Gasteiger charge is 2.25. The molecular formula is C14H11ClF2N3O4+. The van der Waals surface area contributed by atoms with Gasteiger partial charge in [0.2, 0.25) is 0 Å². The molecule has 2 N–H and O–H groups in total. The Morgan fingerprint density at radius 3 is 2.54 bits per heavy atom. The van der Waals surface area contributed by atoms with E-state index in [9.17, 15) is 18.5 Å². The normalized spacial score (nSPS) is 10.4. The summed E-state index contributed by atoms with van der Waals surface area (Å²) in [5, 5.41) is -0.440. The minimum absolute atomic E-state index is 0.0622. The Kier molecular flexibility index (Phi) is 4.93. The van der Waals surface area contributed by atoms with E-state index in [2.05, 4.69) is 14.6 Å². The van der Waals surface area contributed by atoms with Crippen molar-refractivity contribution in [1.29, 1.82) is 0 Å². The number of nitrogens with zero attached hydrogens (tertiary/aromatic N) is 2. The van der Waals surface area contributed by atoms with E-state index in [4.69, 9.17) is 17.3 Å². The van der Waals surface area contributed by atoms with E-state index in [-0.39, 0.29) is 16.2 Å². The Labute approximate surface area is 139 Å². The Morgan fingerprint density at radius 2 is 2.00 bits per heavy atom. The number of benzene rings is 1. The maximum atomic E-state index is 14.3. The van der Waals surface area contributed by atoms with Gasteiger partial charge in [0.25, 0.3) is 4.92 Å². The summed E-state index contributed by atoms with van der Waals surface area (Å²) in [7, 11) is 2.17. The number of halogens is 3. The van der Waals surface area contributed by atoms with Gasteiger partial charge >= 0.3 is 11.7 Å². The molecule has 0 saturated heterocycles. The third-order valence-electron chi connectivity index (χ3n) is 3.08. The predicted molar refractivity (Wildman–Crippen MR) is 80.6 cm³/mol. The number of carbonyl (C=O) groups excluding carboxylic acids is 1. The second-order valence-corrected chi connectivity index (χ2v) is 4.82. The van der Waals surface area contributed by atoms with Gasteiger partial charge in [0.05, 0.1) is 28.8 Å². The fraction of sp³-hybridized carbons (Fsp3) is 0.143. The van der Waals surface area contributed by atoms with Crippen molar-refractivity contribution < 1.29 is 28.1 Å². The molecule has 0 aliphatic heterocycles. The first-order chi connectivity index (χ1) is 11.3. The molecule has 2 rings (SSSR count). The van der Waals surface area contributed by atoms with Crippen LogP contribution in [0, 0.1) is 16.5 Å². The van der Waals surface area contributed by atoms with Crippen molar-refractivity contribution in [3.8, 4) is 11.3 Å². The zero-order valence-corrected chi connectivity index (χ0v) is 13.2. The third kappa shape index (κ3) is 2.98. The number of ether oxygens (including phenoxy) is 1. The number of anilines is 1. The maximum absolute atomic E-state index is 14.3. The van der Waals surface area contributed by atoms with Crippen LogP contribution in [0.1, 0.15) is 10.5 Å². The standard InChI is InChI=1S/C14H11ClF2N3O4/c1-23-14(21)13-9(15)11(18)10(17)12(19-13)7-4-3-6(5-8(7)16)20(22)24-2/h3-5H,1-2H3,(H2,18,19)/q+1. The monoisotopic (exact) mass is 358 g/mol. The number of nitrogen functional groups attached to an aromatic ring is 1. The molecule has 126 valence electrons. The van der Waals surface area contributed by atoms with E-state index < -0.39 is 39.7 Å². The van der Waals surface area contributed by atoms with E-state index in [0.29, 0.717) is 0 Å². The predicted octanol–water partition coefficient (Wildman–Crippen LogP) is 3.02. The Bertz CT molecular complexity index is 845. The highest BCUT2D eigenvalue weighted by atomic mass is 35.5. The number of aromatic nitrogens is 1. The summed E-state index contributed by atoms with van der Waals surface area (Å²) >= 11 is 5.77. The van der Waals surface area contributed by atoms with Crippen LogP contribution in [0.25, 0.3) is 11.3 Å². The van der Waals surface area contributed by atoms with Gasteiger partial charge < -0.3 is 10.5 Å². The van der Waals surface area contributed by atoms with Gasteiger partial charge in [-0.3, -0.25) is 0 Å². The summed E-state index contributed by atoms with van der Waals surface area (Å²) in [6, 6.07) is 3.09. The Balaban J connectivity index is 2.66. The second kappa shape index (κ2) is 6.75. The molecule has 0 atom stereocenters. The van der Waals surface area contributed by atoms with Crippen LogP contribution in [0.5, 0.6) is 0 Å². The van der Waals surface area contributed by atoms with Gasteiger partial charge in [-0.2, -0.15) is 0 Å². The van der Waals surface area contributed by atoms with E-state index in [1.54, 1.807) is 0 Å². The Morgan fingerprint density at radius 1 is 1.33 bits per heavy atom. The lowest BCUT2D eigenvalue weighted by Gasteiger charge is -2.10. The summed E-state index contributed by atoms with van der Waals surface area (Å²) < 4.78 is 33.0. The molecule has 1 aromatic carbocycles.